The summed E-state index contributed by atoms with van der Waals surface area (Å²) < 4.78 is 0. The van der Waals surface area contributed by atoms with Crippen LogP contribution in [0.15, 0.2) is 0 Å². The molecule has 2 aliphatic heterocycles. The number of nitrogens with zero attached hydrogens (tertiary/aromatic N) is 1. The number of rotatable bonds is 2. The minimum absolute atomic E-state index is 0.309. The largest absolute Gasteiger partial charge is 0.333 e. The highest BCUT2D eigenvalue weighted by atomic mass is 32.2. The summed E-state index contributed by atoms with van der Waals surface area (Å²) in [6.45, 7) is 4.19. The van der Waals surface area contributed by atoms with E-state index in [9.17, 15) is 4.79 Å². The highest BCUT2D eigenvalue weighted by molar-refractivity contribution is 8.15. The van der Waals surface area contributed by atoms with Gasteiger partial charge in [0.15, 0.2) is 0 Å². The lowest BCUT2D eigenvalue weighted by atomic mass is 10.0. The number of amides is 1. The molecule has 2 unspecified atom stereocenters. The molecule has 0 N–H and O–H groups in total. The van der Waals surface area contributed by atoms with Gasteiger partial charge in [-0.2, -0.15) is 11.8 Å². The van der Waals surface area contributed by atoms with Crippen molar-refractivity contribution in [2.75, 3.05) is 24.6 Å². The quantitative estimate of drug-likeness (QED) is 0.682. The Morgan fingerprint density at radius 2 is 2.43 bits per heavy atom. The van der Waals surface area contributed by atoms with E-state index in [-0.39, 0.29) is 0 Å². The molecule has 0 aliphatic carbocycles. The second-order valence-corrected chi connectivity index (χ2v) is 6.53. The Hall–Kier alpha value is 0.170. The fraction of sp³-hybridized carbons (Fsp3) is 0.900. The molecule has 0 saturated carbocycles. The van der Waals surface area contributed by atoms with E-state index in [2.05, 4.69) is 6.92 Å². The van der Waals surface area contributed by atoms with Crippen LogP contribution in [0, 0.1) is 5.92 Å². The topological polar surface area (TPSA) is 20.3 Å². The van der Waals surface area contributed by atoms with Crippen molar-refractivity contribution in [3.8, 4) is 0 Å². The van der Waals surface area contributed by atoms with Crippen LogP contribution in [0.25, 0.3) is 0 Å². The van der Waals surface area contributed by atoms with Gasteiger partial charge in [0.05, 0.1) is 0 Å². The first-order valence-electron chi connectivity index (χ1n) is 5.29. The molecule has 0 aromatic heterocycles. The molecule has 0 bridgehead atoms. The molecule has 2 nitrogen and oxygen atoms in total. The monoisotopic (exact) mass is 231 g/mol. The summed E-state index contributed by atoms with van der Waals surface area (Å²) in [5, 5.41) is 1.08. The Morgan fingerprint density at radius 1 is 1.64 bits per heavy atom. The van der Waals surface area contributed by atoms with E-state index < -0.39 is 0 Å². The predicted molar refractivity (Wildman–Crippen MR) is 64.1 cm³/mol. The van der Waals surface area contributed by atoms with Gasteiger partial charge in [0, 0.05) is 29.8 Å². The zero-order valence-corrected chi connectivity index (χ0v) is 10.2. The van der Waals surface area contributed by atoms with Gasteiger partial charge in [0.25, 0.3) is 5.24 Å². The molecule has 2 fully saturated rings. The first kappa shape index (κ1) is 10.7. The van der Waals surface area contributed by atoms with Gasteiger partial charge in [0.1, 0.15) is 0 Å². The first-order chi connectivity index (χ1) is 6.75. The zero-order chi connectivity index (χ0) is 9.97. The van der Waals surface area contributed by atoms with Crippen molar-refractivity contribution in [1.82, 2.24) is 4.90 Å². The molecular weight excluding hydrogens is 214 g/mol. The Morgan fingerprint density at radius 3 is 3.07 bits per heavy atom. The maximum absolute atomic E-state index is 11.8. The summed E-state index contributed by atoms with van der Waals surface area (Å²) in [7, 11) is 0. The van der Waals surface area contributed by atoms with Gasteiger partial charge in [-0.1, -0.05) is 18.7 Å². The van der Waals surface area contributed by atoms with Crippen LogP contribution in [-0.2, 0) is 0 Å². The molecule has 80 valence electrons. The Bertz CT molecular complexity index is 218. The minimum atomic E-state index is 0.309. The summed E-state index contributed by atoms with van der Waals surface area (Å²) in [5.41, 5.74) is 0. The van der Waals surface area contributed by atoms with Gasteiger partial charge in [0.2, 0.25) is 0 Å². The fourth-order valence-electron chi connectivity index (χ4n) is 1.78. The van der Waals surface area contributed by atoms with Crippen LogP contribution in [0.3, 0.4) is 0 Å². The number of piperidine rings is 1. The third-order valence-corrected chi connectivity index (χ3v) is 4.97. The lowest BCUT2D eigenvalue weighted by molar-refractivity contribution is 0.192. The average Bonchev–Trinajstić information content (AvgIpc) is 2.97. The Balaban J connectivity index is 1.71. The number of carbonyl (C=O) groups excluding carboxylic acids is 1. The van der Waals surface area contributed by atoms with Gasteiger partial charge in [-0.25, -0.2) is 0 Å². The van der Waals surface area contributed by atoms with E-state index in [1.165, 1.54) is 30.4 Å². The SMILES string of the molecule is CC1CCCN(C(=O)SCC2CS2)C1. The minimum Gasteiger partial charge on any atom is -0.333 e. The van der Waals surface area contributed by atoms with Gasteiger partial charge in [-0.3, -0.25) is 4.79 Å². The van der Waals surface area contributed by atoms with E-state index >= 15 is 0 Å². The van der Waals surface area contributed by atoms with Crippen molar-refractivity contribution in [3.63, 3.8) is 0 Å². The molecule has 0 radical (unpaired) electrons. The third-order valence-electron chi connectivity index (χ3n) is 2.71. The summed E-state index contributed by atoms with van der Waals surface area (Å²) in [5.74, 6) is 2.98. The molecule has 0 aromatic rings. The van der Waals surface area contributed by atoms with Crippen LogP contribution in [-0.4, -0.2) is 40.0 Å². The highest BCUT2D eigenvalue weighted by Crippen LogP contribution is 2.33. The molecule has 0 spiro atoms. The van der Waals surface area contributed by atoms with Crippen molar-refractivity contribution in [2.24, 2.45) is 5.92 Å². The molecule has 2 rings (SSSR count). The average molecular weight is 231 g/mol. The molecule has 4 heteroatoms. The number of likely N-dealkylation sites (tertiary alicyclic amines) is 1. The second-order valence-electron chi connectivity index (χ2n) is 4.23. The molecule has 0 aromatic carbocycles. The number of carbonyl (C=O) groups is 1. The van der Waals surface area contributed by atoms with Crippen LogP contribution in [0.4, 0.5) is 4.79 Å². The Labute approximate surface area is 94.2 Å². The predicted octanol–water partition coefficient (Wildman–Crippen LogP) is 2.69. The van der Waals surface area contributed by atoms with Crippen LogP contribution in [0.2, 0.25) is 0 Å². The lowest BCUT2D eigenvalue weighted by Gasteiger charge is -2.30. The number of thioether (sulfide) groups is 2. The summed E-state index contributed by atoms with van der Waals surface area (Å²) >= 11 is 3.49. The molecule has 2 aliphatic rings. The van der Waals surface area contributed by atoms with Gasteiger partial charge in [-0.15, -0.1) is 0 Å². The molecule has 2 atom stereocenters. The Kier molecular flexibility index (Phi) is 3.66. The first-order valence-corrected chi connectivity index (χ1v) is 7.32. The van der Waals surface area contributed by atoms with Crippen molar-refractivity contribution in [2.45, 2.75) is 25.0 Å². The number of hydrogen-bond donors (Lipinski definition) is 0. The fourth-order valence-corrected chi connectivity index (χ4v) is 3.56. The van der Waals surface area contributed by atoms with Crippen LogP contribution in [0.1, 0.15) is 19.8 Å². The van der Waals surface area contributed by atoms with Crippen LogP contribution < -0.4 is 0 Å². The van der Waals surface area contributed by atoms with Crippen molar-refractivity contribution < 1.29 is 4.79 Å². The number of hydrogen-bond acceptors (Lipinski definition) is 3. The maximum Gasteiger partial charge on any atom is 0.281 e. The highest BCUT2D eigenvalue weighted by Gasteiger charge is 2.26. The third kappa shape index (κ3) is 3.09. The van der Waals surface area contributed by atoms with Crippen molar-refractivity contribution in [1.29, 1.82) is 0 Å². The molecule has 2 heterocycles. The summed E-state index contributed by atoms with van der Waals surface area (Å²) in [4.78, 5) is 13.8. The van der Waals surface area contributed by atoms with Crippen molar-refractivity contribution >= 4 is 28.8 Å². The van der Waals surface area contributed by atoms with Crippen LogP contribution >= 0.6 is 23.5 Å². The van der Waals surface area contributed by atoms with E-state index in [1.807, 2.05) is 16.7 Å². The normalized spacial score (nSPS) is 31.6. The smallest absolute Gasteiger partial charge is 0.281 e. The van der Waals surface area contributed by atoms with Crippen LogP contribution in [0.5, 0.6) is 0 Å². The second kappa shape index (κ2) is 4.79. The lowest BCUT2D eigenvalue weighted by Crippen LogP contribution is -2.37. The maximum atomic E-state index is 11.8. The summed E-state index contributed by atoms with van der Waals surface area (Å²) in [6, 6.07) is 0. The van der Waals surface area contributed by atoms with E-state index in [1.54, 1.807) is 0 Å². The molecular formula is C10H17NOS2. The van der Waals surface area contributed by atoms with Gasteiger partial charge >= 0.3 is 0 Å². The van der Waals surface area contributed by atoms with E-state index in [0.29, 0.717) is 11.2 Å². The van der Waals surface area contributed by atoms with Gasteiger partial charge < -0.3 is 4.90 Å². The standard InChI is InChI=1S/C10H17NOS2/c1-8-3-2-4-11(5-8)10(12)14-7-9-6-13-9/h8-9H,2-7H2,1H3. The molecule has 14 heavy (non-hydrogen) atoms. The zero-order valence-electron chi connectivity index (χ0n) is 8.57. The van der Waals surface area contributed by atoms with E-state index in [0.717, 1.165) is 24.1 Å². The molecule has 1 amide bonds. The van der Waals surface area contributed by atoms with Crippen molar-refractivity contribution in [3.05, 3.63) is 0 Å². The van der Waals surface area contributed by atoms with Gasteiger partial charge in [-0.05, 0) is 18.8 Å². The molecule has 2 saturated heterocycles. The van der Waals surface area contributed by atoms with E-state index in [4.69, 9.17) is 0 Å². The summed E-state index contributed by atoms with van der Waals surface area (Å²) in [6.07, 6.45) is 2.47.